The van der Waals surface area contributed by atoms with Gasteiger partial charge in [-0.25, -0.2) is 4.99 Å². The third-order valence-electron chi connectivity index (χ3n) is 1.48. The van der Waals surface area contributed by atoms with E-state index in [1.54, 1.807) is 6.08 Å². The highest BCUT2D eigenvalue weighted by Crippen LogP contribution is 2.00. The van der Waals surface area contributed by atoms with Crippen molar-refractivity contribution >= 4 is 12.0 Å². The van der Waals surface area contributed by atoms with Gasteiger partial charge in [0.25, 0.3) is 0 Å². The van der Waals surface area contributed by atoms with Crippen LogP contribution in [0.1, 0.15) is 5.56 Å². The van der Waals surface area contributed by atoms with E-state index in [0.29, 0.717) is 0 Å². The van der Waals surface area contributed by atoms with Crippen molar-refractivity contribution in [1.82, 2.24) is 5.23 Å². The van der Waals surface area contributed by atoms with E-state index in [4.69, 9.17) is 16.1 Å². The van der Waals surface area contributed by atoms with Gasteiger partial charge in [0.05, 0.1) is 0 Å². The monoisotopic (exact) mass is 193 g/mol. The number of guanidine groups is 1. The molecule has 0 aromatic heterocycles. The molecule has 0 unspecified atom stereocenters. The minimum Gasteiger partial charge on any atom is -0.366 e. The summed E-state index contributed by atoms with van der Waals surface area (Å²) in [4.78, 5) is 3.56. The Morgan fingerprint density at radius 1 is 1.29 bits per heavy atom. The van der Waals surface area contributed by atoms with Crippen LogP contribution in [0.25, 0.3) is 6.08 Å². The highest BCUT2D eigenvalue weighted by atomic mass is 16.8. The number of hydroxylamine groups is 2. The maximum Gasteiger partial charge on any atom is 0.248 e. The number of nitrogens with zero attached hydrogens (tertiary/aromatic N) is 2. The average molecular weight is 193 g/mol. The summed E-state index contributed by atoms with van der Waals surface area (Å²) in [7, 11) is 0. The molecule has 0 heterocycles. The van der Waals surface area contributed by atoms with Crippen LogP contribution in [0.4, 0.5) is 0 Å². The van der Waals surface area contributed by atoms with Crippen LogP contribution in [0.15, 0.2) is 41.5 Å². The molecule has 0 aliphatic carbocycles. The van der Waals surface area contributed by atoms with E-state index in [-0.39, 0.29) is 5.23 Å². The minimum absolute atomic E-state index is 0.241. The quantitative estimate of drug-likeness (QED) is 0.372. The molecule has 0 atom stereocenters. The minimum atomic E-state index is -0.391. The van der Waals surface area contributed by atoms with Crippen molar-refractivity contribution in [2.24, 2.45) is 10.7 Å². The molecule has 0 bridgehead atoms. The Morgan fingerprint density at radius 3 is 2.50 bits per heavy atom. The number of nitrogens with two attached hydrogens (primary N) is 1. The molecule has 4 N–H and O–H groups in total. The topological polar surface area (TPSA) is 82.1 Å². The maximum atomic E-state index is 8.42. The van der Waals surface area contributed by atoms with E-state index in [1.165, 1.54) is 6.20 Å². The predicted molar refractivity (Wildman–Crippen MR) is 52.5 cm³/mol. The van der Waals surface area contributed by atoms with Gasteiger partial charge in [-0.1, -0.05) is 35.6 Å². The molecule has 74 valence electrons. The summed E-state index contributed by atoms with van der Waals surface area (Å²) in [6, 6.07) is 9.45. The number of hydrogen-bond donors (Lipinski definition) is 3. The van der Waals surface area contributed by atoms with Gasteiger partial charge in [0.1, 0.15) is 0 Å². The Hall–Kier alpha value is -1.85. The predicted octanol–water partition coefficient (Wildman–Crippen LogP) is 1.05. The second-order valence-electron chi connectivity index (χ2n) is 2.50. The summed E-state index contributed by atoms with van der Waals surface area (Å²) in [5.41, 5.74) is 6.06. The molecule has 5 heteroatoms. The first kappa shape index (κ1) is 10.2. The second-order valence-corrected chi connectivity index (χ2v) is 2.50. The highest BCUT2D eigenvalue weighted by molar-refractivity contribution is 5.76. The third-order valence-corrected chi connectivity index (χ3v) is 1.48. The van der Waals surface area contributed by atoms with E-state index >= 15 is 0 Å². The zero-order valence-electron chi connectivity index (χ0n) is 7.41. The summed E-state index contributed by atoms with van der Waals surface area (Å²) < 4.78 is 0. The summed E-state index contributed by atoms with van der Waals surface area (Å²) in [6.45, 7) is 0. The van der Waals surface area contributed by atoms with Crippen LogP contribution in [0.3, 0.4) is 0 Å². The Bertz CT molecular complexity index is 333. The summed E-state index contributed by atoms with van der Waals surface area (Å²) in [5.74, 6) is -0.391. The van der Waals surface area contributed by atoms with Crippen molar-refractivity contribution in [3.63, 3.8) is 0 Å². The lowest BCUT2D eigenvalue weighted by atomic mass is 10.2. The first-order valence-corrected chi connectivity index (χ1v) is 3.93. The Kier molecular flexibility index (Phi) is 3.66. The number of rotatable bonds is 2. The molecule has 0 aliphatic heterocycles. The largest absolute Gasteiger partial charge is 0.366 e. The van der Waals surface area contributed by atoms with E-state index in [2.05, 4.69) is 4.99 Å². The number of aliphatic imine (C=N–C) groups is 1. The van der Waals surface area contributed by atoms with Crippen LogP contribution >= 0.6 is 0 Å². The molecule has 1 rings (SSSR count). The number of hydrogen-bond acceptors (Lipinski definition) is 3. The van der Waals surface area contributed by atoms with Crippen LogP contribution in [0.2, 0.25) is 0 Å². The molecule has 1 aromatic carbocycles. The molecule has 0 radical (unpaired) electrons. The van der Waals surface area contributed by atoms with Gasteiger partial charge >= 0.3 is 0 Å². The fourth-order valence-corrected chi connectivity index (χ4v) is 0.815. The van der Waals surface area contributed by atoms with Crippen molar-refractivity contribution in [2.75, 3.05) is 0 Å². The molecule has 0 spiro atoms. The lowest BCUT2D eigenvalue weighted by Gasteiger charge is -2.03. The van der Waals surface area contributed by atoms with Gasteiger partial charge in [0.15, 0.2) is 0 Å². The average Bonchev–Trinajstić information content (AvgIpc) is 2.19. The van der Waals surface area contributed by atoms with E-state index < -0.39 is 5.96 Å². The highest BCUT2D eigenvalue weighted by Gasteiger charge is 1.94. The second kappa shape index (κ2) is 5.00. The smallest absolute Gasteiger partial charge is 0.248 e. The van der Waals surface area contributed by atoms with Crippen molar-refractivity contribution in [3.05, 3.63) is 42.1 Å². The van der Waals surface area contributed by atoms with Crippen LogP contribution in [0, 0.1) is 0 Å². The van der Waals surface area contributed by atoms with Crippen LogP contribution in [0.5, 0.6) is 0 Å². The van der Waals surface area contributed by atoms with Gasteiger partial charge in [-0.3, -0.25) is 10.4 Å². The molecular formula is C9H11N3O2. The van der Waals surface area contributed by atoms with Gasteiger partial charge in [-0.2, -0.15) is 0 Å². The van der Waals surface area contributed by atoms with Crippen molar-refractivity contribution in [3.8, 4) is 0 Å². The summed E-state index contributed by atoms with van der Waals surface area (Å²) in [6.07, 6.45) is 3.07. The normalized spacial score (nSPS) is 12.0. The van der Waals surface area contributed by atoms with Gasteiger partial charge in [0.2, 0.25) is 5.96 Å². The first-order chi connectivity index (χ1) is 6.70. The molecule has 0 aliphatic rings. The summed E-state index contributed by atoms with van der Waals surface area (Å²) in [5, 5.41) is 16.6. The Labute approximate surface area is 81.3 Å². The SMILES string of the molecule is NC(=NC=Cc1ccccc1)N(O)O. The molecule has 1 aromatic rings. The van der Waals surface area contributed by atoms with Gasteiger partial charge in [0, 0.05) is 6.20 Å². The molecular weight excluding hydrogens is 182 g/mol. The molecule has 0 amide bonds. The summed E-state index contributed by atoms with van der Waals surface area (Å²) >= 11 is 0. The number of benzene rings is 1. The third kappa shape index (κ3) is 3.26. The van der Waals surface area contributed by atoms with Crippen molar-refractivity contribution in [1.29, 1.82) is 0 Å². The van der Waals surface area contributed by atoms with E-state index in [1.807, 2.05) is 30.3 Å². The standard InChI is InChI=1S/C9H11N3O2/c10-9(12(13)14)11-7-6-8-4-2-1-3-5-8/h1-7,13-14H,(H2,10,11). The molecule has 5 nitrogen and oxygen atoms in total. The van der Waals surface area contributed by atoms with Gasteiger partial charge < -0.3 is 5.73 Å². The fourth-order valence-electron chi connectivity index (χ4n) is 0.815. The van der Waals surface area contributed by atoms with E-state index in [9.17, 15) is 0 Å². The lowest BCUT2D eigenvalue weighted by Crippen LogP contribution is -2.30. The zero-order valence-corrected chi connectivity index (χ0v) is 7.41. The van der Waals surface area contributed by atoms with E-state index in [0.717, 1.165) is 5.56 Å². The van der Waals surface area contributed by atoms with Crippen LogP contribution in [-0.4, -0.2) is 21.6 Å². The molecule has 14 heavy (non-hydrogen) atoms. The van der Waals surface area contributed by atoms with Gasteiger partial charge in [-0.05, 0) is 11.6 Å². The Balaban J connectivity index is 2.62. The maximum absolute atomic E-state index is 8.42. The van der Waals surface area contributed by atoms with Crippen LogP contribution in [-0.2, 0) is 0 Å². The fraction of sp³-hybridized carbons (Fsp3) is 0. The van der Waals surface area contributed by atoms with Crippen LogP contribution < -0.4 is 5.73 Å². The first-order valence-electron chi connectivity index (χ1n) is 3.93. The van der Waals surface area contributed by atoms with Crippen molar-refractivity contribution < 1.29 is 10.4 Å². The van der Waals surface area contributed by atoms with Crippen molar-refractivity contribution in [2.45, 2.75) is 0 Å². The molecule has 0 fully saturated rings. The Morgan fingerprint density at radius 2 is 1.93 bits per heavy atom. The van der Waals surface area contributed by atoms with Gasteiger partial charge in [-0.15, -0.1) is 0 Å². The molecule has 0 saturated heterocycles. The lowest BCUT2D eigenvalue weighted by molar-refractivity contribution is -0.245. The zero-order chi connectivity index (χ0) is 10.4. The molecule has 0 saturated carbocycles.